The fraction of sp³-hybridized carbons (Fsp3) is 0.450. The molecule has 176 valence electrons. The summed E-state index contributed by atoms with van der Waals surface area (Å²) in [6, 6.07) is 6.69. The average Bonchev–Trinajstić information content (AvgIpc) is 3.16. The molecule has 1 aliphatic rings. The standard InChI is InChI=1S/C20H29N7O3S.HI/c1-4-21-20(22-9-10-24-31(29,30)18-7-5-16(2)6-8-18)26-11-12-27(19(28)15-26)17-13-23-25(3)14-17;/h5-8,13-14,24H,4,9-12,15H2,1-3H3,(H,21,22);1H. The van der Waals surface area contributed by atoms with E-state index in [0.717, 1.165) is 11.3 Å². The Morgan fingerprint density at radius 1 is 1.22 bits per heavy atom. The summed E-state index contributed by atoms with van der Waals surface area (Å²) in [5.74, 6) is 0.557. The Labute approximate surface area is 206 Å². The summed E-state index contributed by atoms with van der Waals surface area (Å²) in [5.41, 5.74) is 1.77. The van der Waals surface area contributed by atoms with E-state index >= 15 is 0 Å². The van der Waals surface area contributed by atoms with E-state index < -0.39 is 10.0 Å². The molecule has 1 aromatic heterocycles. The van der Waals surface area contributed by atoms with Crippen LogP contribution in [-0.4, -0.2) is 74.2 Å². The predicted octanol–water partition coefficient (Wildman–Crippen LogP) is 0.939. The number of guanidine groups is 1. The number of aryl methyl sites for hydroxylation is 2. The third kappa shape index (κ3) is 6.65. The molecule has 0 atom stereocenters. The van der Waals surface area contributed by atoms with Gasteiger partial charge in [0.05, 0.1) is 23.3 Å². The number of hydrogen-bond donors (Lipinski definition) is 2. The maximum Gasteiger partial charge on any atom is 0.246 e. The van der Waals surface area contributed by atoms with Gasteiger partial charge in [-0.25, -0.2) is 13.1 Å². The third-order valence-electron chi connectivity index (χ3n) is 4.85. The fourth-order valence-corrected chi connectivity index (χ4v) is 4.26. The third-order valence-corrected chi connectivity index (χ3v) is 6.33. The number of rotatable bonds is 7. The van der Waals surface area contributed by atoms with E-state index in [1.165, 1.54) is 0 Å². The van der Waals surface area contributed by atoms with Gasteiger partial charge in [-0.3, -0.25) is 14.5 Å². The number of nitrogens with one attached hydrogen (secondary N) is 2. The molecular weight excluding hydrogens is 545 g/mol. The molecule has 2 N–H and O–H groups in total. The Hall–Kier alpha value is -2.19. The number of nitrogens with zero attached hydrogens (tertiary/aromatic N) is 5. The highest BCUT2D eigenvalue weighted by atomic mass is 127. The quantitative estimate of drug-likeness (QED) is 0.220. The Balaban J connectivity index is 0.00000363. The molecule has 0 bridgehead atoms. The molecular formula is C20H30IN7O3S. The number of benzene rings is 1. The van der Waals surface area contributed by atoms with E-state index in [1.54, 1.807) is 40.0 Å². The molecule has 0 aliphatic carbocycles. The molecule has 32 heavy (non-hydrogen) atoms. The van der Waals surface area contributed by atoms with Crippen LogP contribution in [-0.2, 0) is 21.9 Å². The second kappa shape index (κ2) is 11.6. The summed E-state index contributed by atoms with van der Waals surface area (Å²) in [6.45, 7) is 6.24. The summed E-state index contributed by atoms with van der Waals surface area (Å²) < 4.78 is 29.0. The lowest BCUT2D eigenvalue weighted by Gasteiger charge is -2.35. The van der Waals surface area contributed by atoms with Crippen LogP contribution in [0.5, 0.6) is 0 Å². The van der Waals surface area contributed by atoms with Gasteiger partial charge in [-0.05, 0) is 26.0 Å². The monoisotopic (exact) mass is 575 g/mol. The molecule has 10 nitrogen and oxygen atoms in total. The van der Waals surface area contributed by atoms with Crippen LogP contribution < -0.4 is 14.9 Å². The van der Waals surface area contributed by atoms with Crippen LogP contribution in [0.4, 0.5) is 5.69 Å². The van der Waals surface area contributed by atoms with E-state index in [9.17, 15) is 13.2 Å². The summed E-state index contributed by atoms with van der Waals surface area (Å²) in [5, 5.41) is 7.30. The number of piperazine rings is 1. The SMILES string of the molecule is CCNC(=NCCNS(=O)(=O)c1ccc(C)cc1)N1CCN(c2cnn(C)c2)C(=O)C1.I. The van der Waals surface area contributed by atoms with Gasteiger partial charge in [0.1, 0.15) is 6.54 Å². The van der Waals surface area contributed by atoms with Crippen molar-refractivity contribution in [1.82, 2.24) is 24.7 Å². The van der Waals surface area contributed by atoms with Crippen molar-refractivity contribution in [3.8, 4) is 0 Å². The van der Waals surface area contributed by atoms with Crippen molar-refractivity contribution in [2.24, 2.45) is 12.0 Å². The lowest BCUT2D eigenvalue weighted by atomic mass is 10.2. The molecule has 1 aliphatic heterocycles. The second-order valence-electron chi connectivity index (χ2n) is 7.29. The zero-order valence-corrected chi connectivity index (χ0v) is 21.6. The summed E-state index contributed by atoms with van der Waals surface area (Å²) in [4.78, 5) is 21.0. The molecule has 0 unspecified atom stereocenters. The highest BCUT2D eigenvalue weighted by Crippen LogP contribution is 2.16. The number of carbonyl (C=O) groups excluding carboxylic acids is 1. The van der Waals surface area contributed by atoms with Gasteiger partial charge in [0.25, 0.3) is 0 Å². The van der Waals surface area contributed by atoms with Crippen LogP contribution >= 0.6 is 24.0 Å². The van der Waals surface area contributed by atoms with Gasteiger partial charge in [-0.1, -0.05) is 17.7 Å². The van der Waals surface area contributed by atoms with Crippen LogP contribution in [0.25, 0.3) is 0 Å². The normalized spacial score (nSPS) is 15.0. The van der Waals surface area contributed by atoms with Gasteiger partial charge in [0.15, 0.2) is 5.96 Å². The maximum atomic E-state index is 12.6. The van der Waals surface area contributed by atoms with Gasteiger partial charge < -0.3 is 15.1 Å². The van der Waals surface area contributed by atoms with E-state index in [-0.39, 0.29) is 54.4 Å². The van der Waals surface area contributed by atoms with Gasteiger partial charge in [0, 0.05) is 39.4 Å². The van der Waals surface area contributed by atoms with Gasteiger partial charge in [0.2, 0.25) is 15.9 Å². The summed E-state index contributed by atoms with van der Waals surface area (Å²) in [6.07, 6.45) is 3.49. The lowest BCUT2D eigenvalue weighted by Crippen LogP contribution is -2.55. The first-order chi connectivity index (χ1) is 14.8. The first-order valence-corrected chi connectivity index (χ1v) is 11.7. The minimum absolute atomic E-state index is 0. The maximum absolute atomic E-state index is 12.6. The molecule has 2 aromatic rings. The average molecular weight is 575 g/mol. The number of aromatic nitrogens is 2. The van der Waals surface area contributed by atoms with Crippen molar-refractivity contribution in [2.75, 3.05) is 44.2 Å². The number of carbonyl (C=O) groups is 1. The zero-order chi connectivity index (χ0) is 22.4. The Bertz CT molecular complexity index is 1040. The molecule has 12 heteroatoms. The highest BCUT2D eigenvalue weighted by molar-refractivity contribution is 14.0. The van der Waals surface area contributed by atoms with Crippen molar-refractivity contribution in [3.05, 3.63) is 42.2 Å². The molecule has 3 rings (SSSR count). The number of halogens is 1. The molecule has 1 saturated heterocycles. The van der Waals surface area contributed by atoms with Gasteiger partial charge in [-0.15, -0.1) is 24.0 Å². The molecule has 0 radical (unpaired) electrons. The Kier molecular flexibility index (Phi) is 9.46. The molecule has 0 spiro atoms. The predicted molar refractivity (Wildman–Crippen MR) is 135 cm³/mol. The number of hydrogen-bond acceptors (Lipinski definition) is 5. The fourth-order valence-electron chi connectivity index (χ4n) is 3.24. The first kappa shape index (κ1) is 26.1. The molecule has 1 amide bonds. The van der Waals surface area contributed by atoms with E-state index in [2.05, 4.69) is 20.1 Å². The van der Waals surface area contributed by atoms with Crippen LogP contribution in [0.3, 0.4) is 0 Å². The molecule has 1 aromatic carbocycles. The minimum Gasteiger partial charge on any atom is -0.357 e. The summed E-state index contributed by atoms with van der Waals surface area (Å²) >= 11 is 0. The molecule has 2 heterocycles. The zero-order valence-electron chi connectivity index (χ0n) is 18.5. The minimum atomic E-state index is -3.58. The molecule has 1 fully saturated rings. The number of anilines is 1. The van der Waals surface area contributed by atoms with Crippen LogP contribution in [0, 0.1) is 6.92 Å². The van der Waals surface area contributed by atoms with Crippen molar-refractivity contribution < 1.29 is 13.2 Å². The topological polar surface area (TPSA) is 112 Å². The van der Waals surface area contributed by atoms with Crippen molar-refractivity contribution in [1.29, 1.82) is 0 Å². The second-order valence-corrected chi connectivity index (χ2v) is 9.05. The Morgan fingerprint density at radius 3 is 2.53 bits per heavy atom. The first-order valence-electron chi connectivity index (χ1n) is 10.2. The van der Waals surface area contributed by atoms with Crippen molar-refractivity contribution in [3.63, 3.8) is 0 Å². The number of aliphatic imine (C=N–C) groups is 1. The smallest absolute Gasteiger partial charge is 0.246 e. The largest absolute Gasteiger partial charge is 0.357 e. The van der Waals surface area contributed by atoms with Crippen LogP contribution in [0.2, 0.25) is 0 Å². The van der Waals surface area contributed by atoms with Crippen LogP contribution in [0.15, 0.2) is 46.5 Å². The van der Waals surface area contributed by atoms with Gasteiger partial charge >= 0.3 is 0 Å². The van der Waals surface area contributed by atoms with E-state index in [0.29, 0.717) is 25.6 Å². The van der Waals surface area contributed by atoms with Crippen molar-refractivity contribution >= 4 is 51.6 Å². The van der Waals surface area contributed by atoms with E-state index in [1.807, 2.05) is 32.0 Å². The Morgan fingerprint density at radius 2 is 1.94 bits per heavy atom. The number of sulfonamides is 1. The molecule has 0 saturated carbocycles. The van der Waals surface area contributed by atoms with E-state index in [4.69, 9.17) is 0 Å². The summed E-state index contributed by atoms with van der Waals surface area (Å²) in [7, 11) is -1.77. The van der Waals surface area contributed by atoms with Crippen LogP contribution in [0.1, 0.15) is 12.5 Å². The van der Waals surface area contributed by atoms with Gasteiger partial charge in [-0.2, -0.15) is 5.10 Å². The lowest BCUT2D eigenvalue weighted by molar-refractivity contribution is -0.120. The number of amides is 1. The highest BCUT2D eigenvalue weighted by Gasteiger charge is 2.27. The van der Waals surface area contributed by atoms with Crippen molar-refractivity contribution in [2.45, 2.75) is 18.7 Å².